The third kappa shape index (κ3) is 3.29. The third-order valence-electron chi connectivity index (χ3n) is 7.29. The molecule has 0 aromatic heterocycles. The van der Waals surface area contributed by atoms with E-state index in [9.17, 15) is 39.0 Å². The SMILES string of the molecule is Cc1ccc(C(=O)O)cc1N1C(=O)c2ccc3c4c(ccc(c24)C1=O)C(=O)N(c1cc(C(=O)O)ccc1C)C3=O. The Bertz CT molecular complexity index is 1710. The second-order valence-corrected chi connectivity index (χ2v) is 9.58. The first-order valence-electron chi connectivity index (χ1n) is 12.1. The van der Waals surface area contributed by atoms with Crippen molar-refractivity contribution in [3.05, 3.63) is 105 Å². The largest absolute Gasteiger partial charge is 0.478 e. The number of rotatable bonds is 4. The summed E-state index contributed by atoms with van der Waals surface area (Å²) in [5.74, 6) is -5.33. The van der Waals surface area contributed by atoms with Gasteiger partial charge in [0.2, 0.25) is 0 Å². The zero-order valence-electron chi connectivity index (χ0n) is 21.0. The molecule has 0 saturated heterocycles. The van der Waals surface area contributed by atoms with Gasteiger partial charge in [-0.1, -0.05) is 12.1 Å². The van der Waals surface area contributed by atoms with Gasteiger partial charge in [0, 0.05) is 33.0 Å². The number of carboxylic acids is 2. The van der Waals surface area contributed by atoms with Crippen LogP contribution in [0.15, 0.2) is 60.7 Å². The molecule has 6 rings (SSSR count). The number of benzene rings is 4. The molecule has 196 valence electrons. The van der Waals surface area contributed by atoms with Crippen LogP contribution in [0.3, 0.4) is 0 Å². The molecule has 0 radical (unpaired) electrons. The molecule has 2 aliphatic rings. The molecule has 0 fully saturated rings. The number of carbonyl (C=O) groups excluding carboxylic acids is 4. The van der Waals surface area contributed by atoms with E-state index in [0.717, 1.165) is 9.80 Å². The summed E-state index contributed by atoms with van der Waals surface area (Å²) in [5.41, 5.74) is 1.33. The van der Waals surface area contributed by atoms with Crippen LogP contribution >= 0.6 is 0 Å². The van der Waals surface area contributed by atoms with E-state index in [4.69, 9.17) is 0 Å². The minimum absolute atomic E-state index is 0.0773. The number of hydrogen-bond donors (Lipinski definition) is 2. The number of nitrogens with zero attached hydrogens (tertiary/aromatic N) is 2. The molecule has 10 heteroatoms. The van der Waals surface area contributed by atoms with Gasteiger partial charge < -0.3 is 10.2 Å². The monoisotopic (exact) mass is 534 g/mol. The van der Waals surface area contributed by atoms with Crippen molar-refractivity contribution in [3.63, 3.8) is 0 Å². The predicted octanol–water partition coefficient (Wildman–Crippen LogP) is 4.45. The molecule has 2 aliphatic heterocycles. The molecule has 4 aromatic carbocycles. The van der Waals surface area contributed by atoms with Crippen molar-refractivity contribution < 1.29 is 39.0 Å². The van der Waals surface area contributed by atoms with Crippen LogP contribution < -0.4 is 9.80 Å². The van der Waals surface area contributed by atoms with E-state index in [-0.39, 0.29) is 55.5 Å². The lowest BCUT2D eigenvalue weighted by Gasteiger charge is -2.32. The summed E-state index contributed by atoms with van der Waals surface area (Å²) < 4.78 is 0. The van der Waals surface area contributed by atoms with E-state index in [1.54, 1.807) is 13.8 Å². The van der Waals surface area contributed by atoms with Crippen LogP contribution in [0, 0.1) is 13.8 Å². The van der Waals surface area contributed by atoms with E-state index in [2.05, 4.69) is 0 Å². The van der Waals surface area contributed by atoms with Gasteiger partial charge in [0.25, 0.3) is 23.6 Å². The number of aromatic carboxylic acids is 2. The van der Waals surface area contributed by atoms with E-state index >= 15 is 0 Å². The lowest BCUT2D eigenvalue weighted by atomic mass is 9.85. The first-order valence-corrected chi connectivity index (χ1v) is 12.1. The summed E-state index contributed by atoms with van der Waals surface area (Å²) in [6, 6.07) is 13.8. The Kier molecular flexibility index (Phi) is 5.20. The maximum atomic E-state index is 13.7. The average Bonchev–Trinajstić information content (AvgIpc) is 2.92. The lowest BCUT2D eigenvalue weighted by molar-refractivity contribution is 0.0686. The van der Waals surface area contributed by atoms with Crippen molar-refractivity contribution in [1.29, 1.82) is 0 Å². The van der Waals surface area contributed by atoms with E-state index < -0.39 is 35.6 Å². The van der Waals surface area contributed by atoms with Gasteiger partial charge in [0.15, 0.2) is 0 Å². The first-order chi connectivity index (χ1) is 19.0. The molecular formula is C30H18N2O8. The standard InChI is InChI=1S/C30H18N2O8/c1-13-3-5-15(29(37)38)11-21(13)31-25(33)17-7-9-19-24-20(10-8-18(23(17)24)26(31)34)28(36)32(27(19)35)22-12-16(30(39)40)6-4-14(22)2/h3-12H,1-2H3,(H,37,38)(H,39,40). The Morgan fingerprint density at radius 3 is 1.10 bits per heavy atom. The van der Waals surface area contributed by atoms with Gasteiger partial charge >= 0.3 is 11.9 Å². The number of anilines is 2. The fourth-order valence-corrected chi connectivity index (χ4v) is 5.28. The Balaban J connectivity index is 1.54. The van der Waals surface area contributed by atoms with Crippen molar-refractivity contribution in [2.75, 3.05) is 9.80 Å². The molecule has 0 unspecified atom stereocenters. The van der Waals surface area contributed by atoms with Gasteiger partial charge in [-0.15, -0.1) is 0 Å². The van der Waals surface area contributed by atoms with Crippen molar-refractivity contribution in [2.45, 2.75) is 13.8 Å². The molecule has 0 atom stereocenters. The number of carbonyl (C=O) groups is 6. The molecule has 10 nitrogen and oxygen atoms in total. The van der Waals surface area contributed by atoms with Gasteiger partial charge in [-0.05, 0) is 73.5 Å². The Morgan fingerprint density at radius 1 is 0.525 bits per heavy atom. The van der Waals surface area contributed by atoms with Crippen LogP contribution in [-0.4, -0.2) is 45.8 Å². The zero-order valence-corrected chi connectivity index (χ0v) is 21.0. The average molecular weight is 534 g/mol. The van der Waals surface area contributed by atoms with Gasteiger partial charge in [-0.3, -0.25) is 19.2 Å². The molecule has 0 saturated carbocycles. The molecular weight excluding hydrogens is 516 g/mol. The fraction of sp³-hybridized carbons (Fsp3) is 0.0667. The summed E-state index contributed by atoms with van der Waals surface area (Å²) in [5, 5.41) is 19.2. The maximum absolute atomic E-state index is 13.7. The van der Waals surface area contributed by atoms with Gasteiger partial charge in [-0.2, -0.15) is 0 Å². The minimum Gasteiger partial charge on any atom is -0.478 e. The highest BCUT2D eigenvalue weighted by atomic mass is 16.4. The number of imide groups is 2. The molecule has 0 spiro atoms. The quantitative estimate of drug-likeness (QED) is 0.365. The first kappa shape index (κ1) is 24.7. The van der Waals surface area contributed by atoms with Crippen molar-refractivity contribution in [2.24, 2.45) is 0 Å². The van der Waals surface area contributed by atoms with Gasteiger partial charge in [0.1, 0.15) is 0 Å². The summed E-state index contributed by atoms with van der Waals surface area (Å²) >= 11 is 0. The van der Waals surface area contributed by atoms with Crippen molar-refractivity contribution >= 4 is 57.7 Å². The van der Waals surface area contributed by atoms with Gasteiger partial charge in [0.05, 0.1) is 22.5 Å². The Labute approximate surface area is 225 Å². The normalized spacial score (nSPS) is 14.2. The molecule has 40 heavy (non-hydrogen) atoms. The lowest BCUT2D eigenvalue weighted by Crippen LogP contribution is -2.44. The topological polar surface area (TPSA) is 149 Å². The molecule has 4 aromatic rings. The molecule has 2 N–H and O–H groups in total. The number of aryl methyl sites for hydroxylation is 2. The summed E-state index contributed by atoms with van der Waals surface area (Å²) in [7, 11) is 0. The minimum atomic E-state index is -1.22. The van der Waals surface area contributed by atoms with E-state index in [0.29, 0.717) is 11.1 Å². The number of amides is 4. The molecule has 2 heterocycles. The van der Waals surface area contributed by atoms with Crippen LogP contribution in [-0.2, 0) is 0 Å². The number of hydrogen-bond acceptors (Lipinski definition) is 6. The van der Waals surface area contributed by atoms with Gasteiger partial charge in [-0.25, -0.2) is 19.4 Å². The molecule has 0 aliphatic carbocycles. The van der Waals surface area contributed by atoms with Crippen LogP contribution in [0.5, 0.6) is 0 Å². The fourth-order valence-electron chi connectivity index (χ4n) is 5.28. The van der Waals surface area contributed by atoms with Crippen LogP contribution in [0.2, 0.25) is 0 Å². The molecule has 4 amide bonds. The maximum Gasteiger partial charge on any atom is 0.335 e. The van der Waals surface area contributed by atoms with Crippen molar-refractivity contribution in [3.8, 4) is 0 Å². The smallest absolute Gasteiger partial charge is 0.335 e. The van der Waals surface area contributed by atoms with Crippen LogP contribution in [0.25, 0.3) is 10.8 Å². The highest BCUT2D eigenvalue weighted by Gasteiger charge is 2.41. The van der Waals surface area contributed by atoms with Crippen LogP contribution in [0.1, 0.15) is 73.3 Å². The van der Waals surface area contributed by atoms with Crippen LogP contribution in [0.4, 0.5) is 11.4 Å². The van der Waals surface area contributed by atoms with Crippen molar-refractivity contribution in [1.82, 2.24) is 0 Å². The third-order valence-corrected chi connectivity index (χ3v) is 7.29. The summed E-state index contributed by atoms with van der Waals surface area (Å²) in [6.07, 6.45) is 0. The second-order valence-electron chi connectivity index (χ2n) is 9.58. The Morgan fingerprint density at radius 2 is 0.825 bits per heavy atom. The van der Waals surface area contributed by atoms with E-state index in [1.807, 2.05) is 0 Å². The highest BCUT2D eigenvalue weighted by Crippen LogP contribution is 2.41. The second kappa shape index (κ2) is 8.43. The predicted molar refractivity (Wildman–Crippen MR) is 143 cm³/mol. The summed E-state index contributed by atoms with van der Waals surface area (Å²) in [4.78, 5) is 79.7. The molecule has 0 bridgehead atoms. The highest BCUT2D eigenvalue weighted by molar-refractivity contribution is 6.42. The number of carboxylic acid groups (broad SMARTS) is 2. The summed E-state index contributed by atoms with van der Waals surface area (Å²) in [6.45, 7) is 3.29. The zero-order chi connectivity index (χ0) is 28.6. The van der Waals surface area contributed by atoms with E-state index in [1.165, 1.54) is 60.7 Å². The Hall–Kier alpha value is -5.64.